The van der Waals surface area contributed by atoms with Gasteiger partial charge in [0.1, 0.15) is 0 Å². The van der Waals surface area contributed by atoms with Crippen LogP contribution in [0.1, 0.15) is 10.4 Å². The van der Waals surface area contributed by atoms with E-state index in [1.807, 2.05) is 18.2 Å². The third-order valence-electron chi connectivity index (χ3n) is 2.63. The first-order chi connectivity index (χ1) is 7.75. The summed E-state index contributed by atoms with van der Waals surface area (Å²) < 4.78 is 2.22. The van der Waals surface area contributed by atoms with Crippen LogP contribution in [-0.4, -0.2) is 11.1 Å². The lowest BCUT2D eigenvalue weighted by Gasteiger charge is -1.94. The molecule has 0 spiro atoms. The summed E-state index contributed by atoms with van der Waals surface area (Å²) in [4.78, 5) is 10.9. The molecule has 78 valence electrons. The highest BCUT2D eigenvalue weighted by atomic mass is 32.1. The van der Waals surface area contributed by atoms with Crippen molar-refractivity contribution >= 4 is 37.5 Å². The second-order valence-corrected chi connectivity index (χ2v) is 4.70. The van der Waals surface area contributed by atoms with E-state index >= 15 is 0 Å². The van der Waals surface area contributed by atoms with E-state index in [1.165, 1.54) is 10.1 Å². The van der Waals surface area contributed by atoms with Crippen LogP contribution in [0.25, 0.3) is 20.2 Å². The number of carboxylic acids is 1. The molecule has 0 saturated carbocycles. The van der Waals surface area contributed by atoms with E-state index in [9.17, 15) is 4.79 Å². The summed E-state index contributed by atoms with van der Waals surface area (Å²) in [6.45, 7) is 0. The van der Waals surface area contributed by atoms with Gasteiger partial charge in [-0.15, -0.1) is 11.3 Å². The minimum atomic E-state index is -0.876. The Morgan fingerprint density at radius 3 is 2.56 bits per heavy atom. The number of carboxylic acid groups (broad SMARTS) is 1. The molecule has 0 amide bonds. The molecule has 1 N–H and O–H groups in total. The van der Waals surface area contributed by atoms with Crippen molar-refractivity contribution in [2.75, 3.05) is 0 Å². The van der Waals surface area contributed by atoms with E-state index in [4.69, 9.17) is 5.11 Å². The SMILES string of the molecule is O=[13C](O)c1ccc2c(c1)sc1ccccc12. The van der Waals surface area contributed by atoms with Crippen molar-refractivity contribution in [3.63, 3.8) is 0 Å². The van der Waals surface area contributed by atoms with E-state index in [1.54, 1.807) is 23.5 Å². The van der Waals surface area contributed by atoms with E-state index in [0.29, 0.717) is 5.56 Å². The standard InChI is InChI=1S/C13H8O2S/c14-13(15)8-5-6-10-9-3-1-2-4-11(9)16-12(10)7-8/h1-7H,(H,14,15)/i13+1. The molecule has 0 aliphatic rings. The highest BCUT2D eigenvalue weighted by molar-refractivity contribution is 7.25. The number of fused-ring (bicyclic) bond motifs is 3. The van der Waals surface area contributed by atoms with Crippen LogP contribution in [0.5, 0.6) is 0 Å². The first-order valence-corrected chi connectivity index (χ1v) is 5.72. The topological polar surface area (TPSA) is 37.3 Å². The second-order valence-electron chi connectivity index (χ2n) is 3.61. The summed E-state index contributed by atoms with van der Waals surface area (Å²) in [5, 5.41) is 11.2. The fraction of sp³-hybridized carbons (Fsp3) is 0. The smallest absolute Gasteiger partial charge is 0.335 e. The minimum absolute atomic E-state index is 0.346. The van der Waals surface area contributed by atoms with Gasteiger partial charge < -0.3 is 5.11 Å². The Kier molecular flexibility index (Phi) is 1.94. The van der Waals surface area contributed by atoms with Gasteiger partial charge in [0, 0.05) is 20.2 Å². The van der Waals surface area contributed by atoms with Crippen molar-refractivity contribution < 1.29 is 9.90 Å². The second kappa shape index (κ2) is 3.32. The van der Waals surface area contributed by atoms with Gasteiger partial charge in [-0.05, 0) is 18.2 Å². The molecule has 0 aliphatic carbocycles. The van der Waals surface area contributed by atoms with Gasteiger partial charge in [-0.25, -0.2) is 4.79 Å². The third-order valence-corrected chi connectivity index (χ3v) is 3.76. The van der Waals surface area contributed by atoms with Crippen molar-refractivity contribution in [1.29, 1.82) is 0 Å². The zero-order valence-electron chi connectivity index (χ0n) is 8.31. The Labute approximate surface area is 95.8 Å². The minimum Gasteiger partial charge on any atom is -0.478 e. The predicted molar refractivity (Wildman–Crippen MR) is 66.3 cm³/mol. The Morgan fingerprint density at radius 1 is 1.00 bits per heavy atom. The monoisotopic (exact) mass is 229 g/mol. The summed E-state index contributed by atoms with van der Waals surface area (Å²) in [6, 6.07) is 13.4. The molecule has 0 bridgehead atoms. The average molecular weight is 229 g/mol. The maximum atomic E-state index is 10.9. The molecule has 0 unspecified atom stereocenters. The molecule has 1 heterocycles. The summed E-state index contributed by atoms with van der Waals surface area (Å²) in [7, 11) is 0. The summed E-state index contributed by atoms with van der Waals surface area (Å²) >= 11 is 1.63. The van der Waals surface area contributed by atoms with Crippen molar-refractivity contribution in [2.24, 2.45) is 0 Å². The van der Waals surface area contributed by atoms with Crippen LogP contribution in [0.4, 0.5) is 0 Å². The molecule has 0 fully saturated rings. The molecule has 0 radical (unpaired) electrons. The fourth-order valence-corrected chi connectivity index (χ4v) is 3.00. The van der Waals surface area contributed by atoms with Gasteiger partial charge >= 0.3 is 5.97 Å². The molecule has 3 heteroatoms. The van der Waals surface area contributed by atoms with E-state index < -0.39 is 5.97 Å². The fourth-order valence-electron chi connectivity index (χ4n) is 1.86. The molecule has 2 nitrogen and oxygen atoms in total. The third kappa shape index (κ3) is 1.29. The van der Waals surface area contributed by atoms with Crippen molar-refractivity contribution in [3.8, 4) is 0 Å². The van der Waals surface area contributed by atoms with Crippen LogP contribution < -0.4 is 0 Å². The van der Waals surface area contributed by atoms with Crippen LogP contribution in [0, 0.1) is 0 Å². The zero-order chi connectivity index (χ0) is 11.1. The highest BCUT2D eigenvalue weighted by Gasteiger charge is 2.07. The summed E-state index contributed by atoms with van der Waals surface area (Å²) in [6.07, 6.45) is 0. The van der Waals surface area contributed by atoms with Crippen LogP contribution >= 0.6 is 11.3 Å². The molecule has 1 aromatic heterocycles. The summed E-state index contributed by atoms with van der Waals surface area (Å²) in [5.41, 5.74) is 0.346. The van der Waals surface area contributed by atoms with Gasteiger partial charge in [0.15, 0.2) is 0 Å². The number of hydrogen-bond acceptors (Lipinski definition) is 2. The molecule has 3 rings (SSSR count). The number of carbonyl (C=O) groups is 1. The molecule has 2 aromatic carbocycles. The maximum Gasteiger partial charge on any atom is 0.335 e. The van der Waals surface area contributed by atoms with Crippen molar-refractivity contribution in [2.45, 2.75) is 0 Å². The van der Waals surface area contributed by atoms with Crippen LogP contribution in [0.3, 0.4) is 0 Å². The van der Waals surface area contributed by atoms with Crippen molar-refractivity contribution in [3.05, 3.63) is 48.0 Å². The highest BCUT2D eigenvalue weighted by Crippen LogP contribution is 2.33. The first kappa shape index (κ1) is 9.36. The van der Waals surface area contributed by atoms with E-state index in [2.05, 4.69) is 12.1 Å². The quantitative estimate of drug-likeness (QED) is 0.645. The Bertz CT molecular complexity index is 697. The molecule has 0 saturated heterocycles. The van der Waals surface area contributed by atoms with Gasteiger partial charge in [0.25, 0.3) is 0 Å². The lowest BCUT2D eigenvalue weighted by Crippen LogP contribution is -1.94. The predicted octanol–water partition coefficient (Wildman–Crippen LogP) is 3.75. The maximum absolute atomic E-state index is 10.9. The van der Waals surface area contributed by atoms with Gasteiger partial charge in [-0.2, -0.15) is 0 Å². The number of thiophene rings is 1. The molecular formula is C13H8O2S. The number of rotatable bonds is 1. The first-order valence-electron chi connectivity index (χ1n) is 4.90. The van der Waals surface area contributed by atoms with Gasteiger partial charge in [0.2, 0.25) is 0 Å². The van der Waals surface area contributed by atoms with Gasteiger partial charge in [-0.3, -0.25) is 0 Å². The average Bonchev–Trinajstić information content (AvgIpc) is 2.66. The largest absolute Gasteiger partial charge is 0.478 e. The van der Waals surface area contributed by atoms with Gasteiger partial charge in [-0.1, -0.05) is 24.3 Å². The molecule has 0 atom stereocenters. The van der Waals surface area contributed by atoms with E-state index in [0.717, 1.165) is 10.1 Å². The normalized spacial score (nSPS) is 11.0. The van der Waals surface area contributed by atoms with Crippen LogP contribution in [-0.2, 0) is 0 Å². The zero-order valence-corrected chi connectivity index (χ0v) is 9.12. The Hall–Kier alpha value is -1.87. The Morgan fingerprint density at radius 2 is 1.75 bits per heavy atom. The van der Waals surface area contributed by atoms with Gasteiger partial charge in [0.05, 0.1) is 5.56 Å². The molecular weight excluding hydrogens is 221 g/mol. The molecule has 0 aliphatic heterocycles. The van der Waals surface area contributed by atoms with Crippen molar-refractivity contribution in [1.82, 2.24) is 0 Å². The van der Waals surface area contributed by atoms with Crippen LogP contribution in [0.2, 0.25) is 0 Å². The number of benzene rings is 2. The summed E-state index contributed by atoms with van der Waals surface area (Å²) in [5.74, 6) is -0.876. The lowest BCUT2D eigenvalue weighted by molar-refractivity contribution is 0.0697. The number of hydrogen-bond donors (Lipinski definition) is 1. The van der Waals surface area contributed by atoms with E-state index in [-0.39, 0.29) is 0 Å². The lowest BCUT2D eigenvalue weighted by atomic mass is 10.1. The number of aromatic carboxylic acids is 1. The molecule has 3 aromatic rings. The molecule has 16 heavy (non-hydrogen) atoms. The van der Waals surface area contributed by atoms with Crippen LogP contribution in [0.15, 0.2) is 42.5 Å². The Balaban J connectivity index is 2.41.